The van der Waals surface area contributed by atoms with E-state index in [2.05, 4.69) is 18.2 Å². The van der Waals surface area contributed by atoms with Gasteiger partial charge < -0.3 is 4.42 Å². The molecule has 0 amide bonds. The van der Waals surface area contributed by atoms with Gasteiger partial charge in [-0.3, -0.25) is 0 Å². The molecule has 228 valence electrons. The average molecular weight is 632 g/mol. The molecule has 0 atom stereocenters. The van der Waals surface area contributed by atoms with Gasteiger partial charge in [0.05, 0.1) is 12.3 Å². The molecule has 1 heterocycles. The quantitative estimate of drug-likeness (QED) is 0.176. The molecule has 1 aromatic heterocycles. The van der Waals surface area contributed by atoms with Gasteiger partial charge in [-0.05, 0) is 107 Å². The zero-order chi connectivity index (χ0) is 40.1. The molecule has 0 saturated carbocycles. The van der Waals surface area contributed by atoms with Crippen molar-refractivity contribution in [2.24, 2.45) is 0 Å². The molecule has 0 spiro atoms. The lowest BCUT2D eigenvalue weighted by Crippen LogP contribution is -1.92. The predicted molar refractivity (Wildman–Crippen MR) is 208 cm³/mol. The van der Waals surface area contributed by atoms with Crippen molar-refractivity contribution in [3.05, 3.63) is 182 Å². The fourth-order valence-corrected chi connectivity index (χ4v) is 7.23. The minimum Gasteiger partial charge on any atom is -0.456 e. The summed E-state index contributed by atoms with van der Waals surface area (Å²) in [6, 6.07) is 37.4. The van der Waals surface area contributed by atoms with Crippen molar-refractivity contribution >= 4 is 54.3 Å². The molecule has 0 radical (unpaired) electrons. The Morgan fingerprint density at radius 1 is 0.388 bits per heavy atom. The summed E-state index contributed by atoms with van der Waals surface area (Å²) in [5.41, 5.74) is 4.95. The van der Waals surface area contributed by atoms with Crippen molar-refractivity contribution < 1.29 is 16.8 Å². The number of furan rings is 1. The van der Waals surface area contributed by atoms with Gasteiger partial charge in [0.2, 0.25) is 0 Å². The molecule has 0 aliphatic carbocycles. The van der Waals surface area contributed by atoms with Crippen molar-refractivity contribution in [1.29, 1.82) is 0 Å². The third kappa shape index (κ3) is 4.47. The first-order chi connectivity index (χ1) is 28.0. The summed E-state index contributed by atoms with van der Waals surface area (Å²) in [6.07, 6.45) is 0. The molecule has 0 N–H and O–H groups in total. The molecule has 0 aliphatic rings. The first-order valence-electron chi connectivity index (χ1n) is 20.6. The van der Waals surface area contributed by atoms with Crippen molar-refractivity contribution in [2.45, 2.75) is 0 Å². The Kier molecular flexibility index (Phi) is 4.53. The van der Waals surface area contributed by atoms with Gasteiger partial charge in [0, 0.05) is 10.8 Å². The Morgan fingerprint density at radius 3 is 1.92 bits per heavy atom. The number of rotatable bonds is 4. The Hall–Kier alpha value is -6.44. The third-order valence-electron chi connectivity index (χ3n) is 9.38. The minimum absolute atomic E-state index is 0.0215. The largest absolute Gasteiger partial charge is 0.456 e. The summed E-state index contributed by atoms with van der Waals surface area (Å²) in [5.74, 6) is 0. The Labute approximate surface area is 297 Å². The smallest absolute Gasteiger partial charge is 0.136 e. The lowest BCUT2D eigenvalue weighted by atomic mass is 9.83. The summed E-state index contributed by atoms with van der Waals surface area (Å²) in [6.45, 7) is 0. The maximum atomic E-state index is 9.71. The SMILES string of the molecule is [2H]c1c([2H])c([2H])c(-c2ccc3c(-c4cccc5oc6cc7ccccc7cc6c45)c4ccccc4c(-c4c([2H])c([2H])c([2H])c(-c5ccccc5)c4[2H])c3c2)c([2H])c1[2H]. The normalized spacial score (nSPS) is 14.2. The number of benzene rings is 9. The fraction of sp³-hybridized carbons (Fsp3) is 0. The summed E-state index contributed by atoms with van der Waals surface area (Å²) in [4.78, 5) is 0. The van der Waals surface area contributed by atoms with Gasteiger partial charge in [0.25, 0.3) is 0 Å². The van der Waals surface area contributed by atoms with E-state index >= 15 is 0 Å². The standard InChI is InChI=1S/C48H30O/c1-3-13-31(14-4-1)33-19-11-20-37(27-33)46-38-21-9-10-22-39(38)47(40-26-25-36(28-42(40)46)32-15-5-2-6-16-32)41-23-12-24-44-48(41)43-29-34-17-7-8-18-35(34)30-45(43)49-44/h1-30H/i2D,5D,6D,11D,15D,16D,19D,20D,27D. The van der Waals surface area contributed by atoms with E-state index in [0.717, 1.165) is 43.6 Å². The fourth-order valence-electron chi connectivity index (χ4n) is 7.23. The van der Waals surface area contributed by atoms with Crippen molar-refractivity contribution in [1.82, 2.24) is 0 Å². The van der Waals surface area contributed by atoms with Crippen LogP contribution >= 0.6 is 0 Å². The molecule has 0 unspecified atom stereocenters. The maximum absolute atomic E-state index is 9.71. The number of hydrogen-bond donors (Lipinski definition) is 0. The summed E-state index contributed by atoms with van der Waals surface area (Å²) >= 11 is 0. The topological polar surface area (TPSA) is 13.1 Å². The zero-order valence-electron chi connectivity index (χ0n) is 35.0. The molecular formula is C48H30O. The predicted octanol–water partition coefficient (Wildman–Crippen LogP) is 13.7. The van der Waals surface area contributed by atoms with Crippen LogP contribution in [0.2, 0.25) is 0 Å². The van der Waals surface area contributed by atoms with Crippen molar-refractivity contribution in [3.8, 4) is 44.5 Å². The lowest BCUT2D eigenvalue weighted by Gasteiger charge is -2.19. The van der Waals surface area contributed by atoms with Crippen LogP contribution in [0.5, 0.6) is 0 Å². The van der Waals surface area contributed by atoms with Crippen LogP contribution in [0.3, 0.4) is 0 Å². The van der Waals surface area contributed by atoms with Crippen molar-refractivity contribution in [2.75, 3.05) is 0 Å². The van der Waals surface area contributed by atoms with E-state index < -0.39 is 18.1 Å². The van der Waals surface area contributed by atoms with Gasteiger partial charge >= 0.3 is 0 Å². The molecule has 10 rings (SSSR count). The first-order valence-corrected chi connectivity index (χ1v) is 16.1. The highest BCUT2D eigenvalue weighted by atomic mass is 16.3. The first kappa shape index (κ1) is 20.0. The molecule has 9 aromatic carbocycles. The molecule has 0 bridgehead atoms. The van der Waals surface area contributed by atoms with Crippen LogP contribution in [-0.2, 0) is 0 Å². The number of hydrogen-bond acceptors (Lipinski definition) is 1. The van der Waals surface area contributed by atoms with Crippen molar-refractivity contribution in [3.63, 3.8) is 0 Å². The highest BCUT2D eigenvalue weighted by Gasteiger charge is 2.21. The molecule has 1 heteroatoms. The van der Waals surface area contributed by atoms with Gasteiger partial charge in [-0.2, -0.15) is 0 Å². The second-order valence-corrected chi connectivity index (χ2v) is 12.1. The third-order valence-corrected chi connectivity index (χ3v) is 9.38. The van der Waals surface area contributed by atoms with Crippen LogP contribution in [0.1, 0.15) is 12.3 Å². The number of fused-ring (bicyclic) bond motifs is 6. The van der Waals surface area contributed by atoms with Crippen LogP contribution in [0.25, 0.3) is 98.8 Å². The van der Waals surface area contributed by atoms with E-state index in [4.69, 9.17) is 14.0 Å². The second-order valence-electron chi connectivity index (χ2n) is 12.1. The minimum atomic E-state index is -0.494. The van der Waals surface area contributed by atoms with Crippen LogP contribution < -0.4 is 0 Å². The summed E-state index contributed by atoms with van der Waals surface area (Å²) in [7, 11) is 0. The molecule has 0 aliphatic heterocycles. The van der Waals surface area contributed by atoms with Gasteiger partial charge in [0.1, 0.15) is 11.2 Å². The Bertz CT molecular complexity index is 3360. The summed E-state index contributed by atoms with van der Waals surface area (Å²) in [5, 5.41) is 6.70. The van der Waals surface area contributed by atoms with Crippen LogP contribution in [0, 0.1) is 0 Å². The van der Waals surface area contributed by atoms with Crippen LogP contribution in [0.15, 0.2) is 186 Å². The van der Waals surface area contributed by atoms with E-state index in [9.17, 15) is 2.74 Å². The molecule has 1 nitrogen and oxygen atoms in total. The average Bonchev–Trinajstić information content (AvgIpc) is 3.61. The van der Waals surface area contributed by atoms with E-state index in [1.54, 1.807) is 36.4 Å². The maximum Gasteiger partial charge on any atom is 0.136 e. The summed E-state index contributed by atoms with van der Waals surface area (Å²) < 4.78 is 86.5. The van der Waals surface area contributed by atoms with E-state index in [1.165, 1.54) is 0 Å². The van der Waals surface area contributed by atoms with Gasteiger partial charge in [-0.25, -0.2) is 0 Å². The molecule has 0 saturated heterocycles. The zero-order valence-corrected chi connectivity index (χ0v) is 26.0. The molecule has 0 fully saturated rings. The highest BCUT2D eigenvalue weighted by Crippen LogP contribution is 2.48. The molecular weight excluding hydrogens is 593 g/mol. The highest BCUT2D eigenvalue weighted by molar-refractivity contribution is 6.26. The van der Waals surface area contributed by atoms with Gasteiger partial charge in [-0.15, -0.1) is 0 Å². The Morgan fingerprint density at radius 2 is 1.08 bits per heavy atom. The lowest BCUT2D eigenvalue weighted by molar-refractivity contribution is 0.669. The van der Waals surface area contributed by atoms with Crippen LogP contribution in [-0.4, -0.2) is 0 Å². The molecule has 49 heavy (non-hydrogen) atoms. The van der Waals surface area contributed by atoms with Gasteiger partial charge in [-0.1, -0.05) is 151 Å². The van der Waals surface area contributed by atoms with E-state index in [-0.39, 0.29) is 52.9 Å². The van der Waals surface area contributed by atoms with E-state index in [1.807, 2.05) is 72.8 Å². The van der Waals surface area contributed by atoms with E-state index in [0.29, 0.717) is 38.4 Å². The Balaban J connectivity index is 1.40. The van der Waals surface area contributed by atoms with Gasteiger partial charge in [0.15, 0.2) is 0 Å². The van der Waals surface area contributed by atoms with Crippen LogP contribution in [0.4, 0.5) is 0 Å². The second kappa shape index (κ2) is 11.1. The monoisotopic (exact) mass is 631 g/mol. The molecule has 10 aromatic rings.